The van der Waals surface area contributed by atoms with E-state index in [-0.39, 0.29) is 12.5 Å². The number of nitrogens with zero attached hydrogens (tertiary/aromatic N) is 2. The third-order valence-corrected chi connectivity index (χ3v) is 4.27. The summed E-state index contributed by atoms with van der Waals surface area (Å²) in [4.78, 5) is 12.4. The zero-order valence-corrected chi connectivity index (χ0v) is 15.9. The Labute approximate surface area is 146 Å². The molecule has 2 aromatic rings. The predicted octanol–water partition coefficient (Wildman–Crippen LogP) is 4.49. The lowest BCUT2D eigenvalue weighted by Crippen LogP contribution is -2.22. The van der Waals surface area contributed by atoms with E-state index in [0.29, 0.717) is 11.7 Å². The maximum absolute atomic E-state index is 12.4. The molecule has 0 aliphatic carbocycles. The molecule has 0 atom stereocenters. The zero-order valence-electron chi connectivity index (χ0n) is 14.3. The third-order valence-electron chi connectivity index (χ3n) is 3.78. The molecule has 0 unspecified atom stereocenters. The average Bonchev–Trinajstić information content (AvgIpc) is 2.74. The van der Waals surface area contributed by atoms with Crippen molar-refractivity contribution in [3.8, 4) is 5.75 Å². The molecule has 0 aliphatic heterocycles. The largest absolute Gasteiger partial charge is 0.483 e. The normalized spacial score (nSPS) is 11.1. The molecule has 4 nitrogen and oxygen atoms in total. The van der Waals surface area contributed by atoms with Crippen LogP contribution in [-0.2, 0) is 6.42 Å². The first-order valence-electron chi connectivity index (χ1n) is 7.76. The van der Waals surface area contributed by atoms with Gasteiger partial charge in [0, 0.05) is 10.2 Å². The van der Waals surface area contributed by atoms with Crippen LogP contribution in [0.2, 0.25) is 0 Å². The molecule has 0 amide bonds. The lowest BCUT2D eigenvalue weighted by atomic mass is 10.0. The van der Waals surface area contributed by atoms with Crippen LogP contribution in [0, 0.1) is 26.7 Å². The molecule has 0 spiro atoms. The quantitative estimate of drug-likeness (QED) is 0.769. The Morgan fingerprint density at radius 2 is 2.00 bits per heavy atom. The van der Waals surface area contributed by atoms with Gasteiger partial charge in [0.25, 0.3) is 5.91 Å². The summed E-state index contributed by atoms with van der Waals surface area (Å²) in [6.45, 7) is 10.2. The second kappa shape index (κ2) is 7.30. The lowest BCUT2D eigenvalue weighted by molar-refractivity contribution is 0.0817. The fraction of sp³-hybridized carbons (Fsp3) is 0.444. The van der Waals surface area contributed by atoms with E-state index < -0.39 is 0 Å². The summed E-state index contributed by atoms with van der Waals surface area (Å²) >= 11 is 3.42. The number of aryl methyl sites for hydroxylation is 2. The fourth-order valence-corrected chi connectivity index (χ4v) is 3.07. The zero-order chi connectivity index (χ0) is 17.1. The van der Waals surface area contributed by atoms with Gasteiger partial charge in [-0.05, 0) is 62.4 Å². The highest BCUT2D eigenvalue weighted by Gasteiger charge is 2.17. The van der Waals surface area contributed by atoms with E-state index in [1.54, 1.807) is 0 Å². The molecule has 0 saturated heterocycles. The van der Waals surface area contributed by atoms with E-state index in [9.17, 15) is 4.79 Å². The van der Waals surface area contributed by atoms with Crippen molar-refractivity contribution in [2.24, 2.45) is 5.92 Å². The minimum absolute atomic E-state index is 0.0223. The Kier molecular flexibility index (Phi) is 5.63. The molecule has 0 radical (unpaired) electrons. The van der Waals surface area contributed by atoms with Crippen LogP contribution in [0.5, 0.6) is 5.75 Å². The second-order valence-electron chi connectivity index (χ2n) is 6.25. The first kappa shape index (κ1) is 17.7. The van der Waals surface area contributed by atoms with Gasteiger partial charge in [-0.25, -0.2) is 4.68 Å². The molecular formula is C18H23BrN2O2. The first-order valence-corrected chi connectivity index (χ1v) is 8.56. The van der Waals surface area contributed by atoms with Crippen molar-refractivity contribution in [2.45, 2.75) is 41.0 Å². The SMILES string of the molecule is Cc1cc(Br)ccc1OCC(=O)n1nc(C)c(CC(C)C)c1C. The molecule has 23 heavy (non-hydrogen) atoms. The van der Waals surface area contributed by atoms with Crippen molar-refractivity contribution < 1.29 is 9.53 Å². The van der Waals surface area contributed by atoms with E-state index in [1.165, 1.54) is 4.68 Å². The Bertz CT molecular complexity index is 720. The van der Waals surface area contributed by atoms with Crippen molar-refractivity contribution in [1.29, 1.82) is 0 Å². The molecule has 0 fully saturated rings. The Morgan fingerprint density at radius 3 is 2.61 bits per heavy atom. The molecule has 0 saturated carbocycles. The number of hydrogen-bond acceptors (Lipinski definition) is 3. The number of hydrogen-bond donors (Lipinski definition) is 0. The van der Waals surface area contributed by atoms with E-state index in [1.807, 2.05) is 39.0 Å². The van der Waals surface area contributed by atoms with Gasteiger partial charge < -0.3 is 4.74 Å². The number of aromatic nitrogens is 2. The Hall–Kier alpha value is -1.62. The number of rotatable bonds is 5. The van der Waals surface area contributed by atoms with Crippen molar-refractivity contribution in [2.75, 3.05) is 6.61 Å². The number of halogens is 1. The fourth-order valence-electron chi connectivity index (χ4n) is 2.60. The van der Waals surface area contributed by atoms with Gasteiger partial charge in [0.15, 0.2) is 6.61 Å². The maximum atomic E-state index is 12.4. The minimum atomic E-state index is -0.150. The summed E-state index contributed by atoms with van der Waals surface area (Å²) in [6.07, 6.45) is 0.928. The highest BCUT2D eigenvalue weighted by Crippen LogP contribution is 2.22. The van der Waals surface area contributed by atoms with Crippen molar-refractivity contribution in [3.05, 3.63) is 45.2 Å². The topological polar surface area (TPSA) is 44.1 Å². The predicted molar refractivity (Wildman–Crippen MR) is 95.2 cm³/mol. The first-order chi connectivity index (χ1) is 10.8. The van der Waals surface area contributed by atoms with Crippen LogP contribution in [-0.4, -0.2) is 22.3 Å². The van der Waals surface area contributed by atoms with Crippen LogP contribution in [0.25, 0.3) is 0 Å². The summed E-state index contributed by atoms with van der Waals surface area (Å²) in [5.74, 6) is 1.09. The molecule has 0 aliphatic rings. The van der Waals surface area contributed by atoms with Gasteiger partial charge in [-0.2, -0.15) is 5.10 Å². The van der Waals surface area contributed by atoms with Crippen LogP contribution in [0.15, 0.2) is 22.7 Å². The number of carbonyl (C=O) groups excluding carboxylic acids is 1. The lowest BCUT2D eigenvalue weighted by Gasteiger charge is -2.10. The van der Waals surface area contributed by atoms with Gasteiger partial charge in [0.2, 0.25) is 0 Å². The minimum Gasteiger partial charge on any atom is -0.483 e. The smallest absolute Gasteiger partial charge is 0.284 e. The molecule has 2 rings (SSSR count). The van der Waals surface area contributed by atoms with Crippen molar-refractivity contribution in [3.63, 3.8) is 0 Å². The van der Waals surface area contributed by atoms with Crippen LogP contribution < -0.4 is 4.74 Å². The van der Waals surface area contributed by atoms with Gasteiger partial charge in [-0.1, -0.05) is 29.8 Å². The van der Waals surface area contributed by atoms with E-state index in [2.05, 4.69) is 34.9 Å². The molecular weight excluding hydrogens is 356 g/mol. The highest BCUT2D eigenvalue weighted by molar-refractivity contribution is 9.10. The van der Waals surface area contributed by atoms with Crippen molar-refractivity contribution in [1.82, 2.24) is 9.78 Å². The average molecular weight is 379 g/mol. The van der Waals surface area contributed by atoms with Crippen LogP contribution in [0.3, 0.4) is 0 Å². The number of ether oxygens (including phenoxy) is 1. The Morgan fingerprint density at radius 1 is 1.30 bits per heavy atom. The van der Waals surface area contributed by atoms with Crippen LogP contribution in [0.1, 0.15) is 41.2 Å². The molecule has 1 aromatic carbocycles. The van der Waals surface area contributed by atoms with Gasteiger partial charge >= 0.3 is 0 Å². The van der Waals surface area contributed by atoms with E-state index in [0.717, 1.165) is 33.4 Å². The van der Waals surface area contributed by atoms with E-state index >= 15 is 0 Å². The summed E-state index contributed by atoms with van der Waals surface area (Å²) in [6, 6.07) is 5.72. The number of carbonyl (C=O) groups is 1. The summed E-state index contributed by atoms with van der Waals surface area (Å²) in [7, 11) is 0. The van der Waals surface area contributed by atoms with Gasteiger partial charge in [0.05, 0.1) is 5.69 Å². The van der Waals surface area contributed by atoms with E-state index in [4.69, 9.17) is 4.74 Å². The maximum Gasteiger partial charge on any atom is 0.284 e. The molecule has 124 valence electrons. The summed E-state index contributed by atoms with van der Waals surface area (Å²) in [5.41, 5.74) is 3.98. The molecule has 0 N–H and O–H groups in total. The van der Waals surface area contributed by atoms with Gasteiger partial charge in [0.1, 0.15) is 5.75 Å². The summed E-state index contributed by atoms with van der Waals surface area (Å²) in [5, 5.41) is 4.39. The highest BCUT2D eigenvalue weighted by atomic mass is 79.9. The van der Waals surface area contributed by atoms with Crippen molar-refractivity contribution >= 4 is 21.8 Å². The second-order valence-corrected chi connectivity index (χ2v) is 7.17. The molecule has 5 heteroatoms. The molecule has 0 bridgehead atoms. The third kappa shape index (κ3) is 4.22. The summed E-state index contributed by atoms with van der Waals surface area (Å²) < 4.78 is 8.13. The van der Waals surface area contributed by atoms with Crippen LogP contribution >= 0.6 is 15.9 Å². The Balaban J connectivity index is 2.12. The van der Waals surface area contributed by atoms with Crippen LogP contribution in [0.4, 0.5) is 0 Å². The monoisotopic (exact) mass is 378 g/mol. The van der Waals surface area contributed by atoms with Gasteiger partial charge in [-0.3, -0.25) is 4.79 Å². The molecule has 1 aromatic heterocycles. The van der Waals surface area contributed by atoms with Gasteiger partial charge in [-0.15, -0.1) is 0 Å². The standard InChI is InChI=1S/C18H23BrN2O2/c1-11(2)8-16-13(4)20-21(14(16)5)18(22)10-23-17-7-6-15(19)9-12(17)3/h6-7,9,11H,8,10H2,1-5H3. The number of benzene rings is 1. The molecule has 1 heterocycles.